The van der Waals surface area contributed by atoms with Gasteiger partial charge in [0.05, 0.1) is 0 Å². The van der Waals surface area contributed by atoms with Crippen molar-refractivity contribution in [3.8, 4) is 0 Å². The number of amides is 1. The molecular formula is C21H23NO3S. The third kappa shape index (κ3) is 4.33. The van der Waals surface area contributed by atoms with Crippen LogP contribution in [0.2, 0.25) is 0 Å². The van der Waals surface area contributed by atoms with Gasteiger partial charge in [0.25, 0.3) is 0 Å². The molecule has 1 saturated heterocycles. The Morgan fingerprint density at radius 1 is 1.08 bits per heavy atom. The number of hydrogen-bond acceptors (Lipinski definition) is 4. The van der Waals surface area contributed by atoms with Crippen molar-refractivity contribution in [2.24, 2.45) is 0 Å². The quantitative estimate of drug-likeness (QED) is 0.748. The van der Waals surface area contributed by atoms with E-state index < -0.39 is 0 Å². The molecule has 5 heteroatoms. The van der Waals surface area contributed by atoms with E-state index in [-0.39, 0.29) is 23.4 Å². The van der Waals surface area contributed by atoms with E-state index >= 15 is 0 Å². The fourth-order valence-electron chi connectivity index (χ4n) is 3.38. The maximum absolute atomic E-state index is 12.5. The SMILES string of the molecule is CC1=CC(=O)C(C(CCC(=O)N2CCSCC2)c2ccccc2)=CC1=O. The number of allylic oxidation sites excluding steroid dienone is 4. The van der Waals surface area contributed by atoms with Crippen LogP contribution in [0.3, 0.4) is 0 Å². The number of carbonyl (C=O) groups is 3. The summed E-state index contributed by atoms with van der Waals surface area (Å²) in [5.41, 5.74) is 1.93. The van der Waals surface area contributed by atoms with Crippen LogP contribution in [0.1, 0.15) is 31.2 Å². The Morgan fingerprint density at radius 3 is 2.46 bits per heavy atom. The van der Waals surface area contributed by atoms with Crippen LogP contribution in [-0.2, 0) is 14.4 Å². The molecule has 0 saturated carbocycles. The monoisotopic (exact) mass is 369 g/mol. The highest BCUT2D eigenvalue weighted by Crippen LogP contribution is 2.32. The van der Waals surface area contributed by atoms with Crippen LogP contribution in [0, 0.1) is 0 Å². The minimum Gasteiger partial charge on any atom is -0.341 e. The number of rotatable bonds is 5. The minimum absolute atomic E-state index is 0.125. The van der Waals surface area contributed by atoms with Crippen LogP contribution in [0.25, 0.3) is 0 Å². The van der Waals surface area contributed by atoms with Crippen LogP contribution in [-0.4, -0.2) is 47.0 Å². The van der Waals surface area contributed by atoms with E-state index in [2.05, 4.69) is 0 Å². The van der Waals surface area contributed by atoms with Gasteiger partial charge in [0, 0.05) is 48.1 Å². The van der Waals surface area contributed by atoms with Gasteiger partial charge in [-0.15, -0.1) is 0 Å². The van der Waals surface area contributed by atoms with Crippen LogP contribution in [0.5, 0.6) is 0 Å². The maximum atomic E-state index is 12.5. The van der Waals surface area contributed by atoms with Crippen molar-refractivity contribution in [3.63, 3.8) is 0 Å². The van der Waals surface area contributed by atoms with Crippen molar-refractivity contribution in [3.05, 3.63) is 59.2 Å². The Kier molecular flexibility index (Phi) is 6.09. The van der Waals surface area contributed by atoms with Gasteiger partial charge in [0.15, 0.2) is 11.6 Å². The van der Waals surface area contributed by atoms with Gasteiger partial charge in [-0.2, -0.15) is 11.8 Å². The number of hydrogen-bond donors (Lipinski definition) is 0. The van der Waals surface area contributed by atoms with Gasteiger partial charge in [-0.05, 0) is 31.1 Å². The number of benzene rings is 1. The molecule has 26 heavy (non-hydrogen) atoms. The zero-order chi connectivity index (χ0) is 18.5. The number of nitrogens with zero attached hydrogens (tertiary/aromatic N) is 1. The minimum atomic E-state index is -0.236. The van der Waals surface area contributed by atoms with E-state index in [0.29, 0.717) is 24.0 Å². The lowest BCUT2D eigenvalue weighted by Crippen LogP contribution is -2.38. The van der Waals surface area contributed by atoms with E-state index in [1.807, 2.05) is 47.0 Å². The first-order chi connectivity index (χ1) is 12.6. The molecule has 136 valence electrons. The molecule has 1 heterocycles. The molecule has 1 unspecified atom stereocenters. The molecule has 0 N–H and O–H groups in total. The van der Waals surface area contributed by atoms with E-state index in [1.54, 1.807) is 6.92 Å². The zero-order valence-corrected chi connectivity index (χ0v) is 15.8. The van der Waals surface area contributed by atoms with Crippen molar-refractivity contribution in [1.82, 2.24) is 4.90 Å². The number of thioether (sulfide) groups is 1. The third-order valence-electron chi connectivity index (χ3n) is 4.90. The zero-order valence-electron chi connectivity index (χ0n) is 14.9. The largest absolute Gasteiger partial charge is 0.341 e. The molecule has 1 amide bonds. The summed E-state index contributed by atoms with van der Waals surface area (Å²) in [6, 6.07) is 9.67. The lowest BCUT2D eigenvalue weighted by atomic mass is 9.81. The molecule has 0 bridgehead atoms. The second-order valence-corrected chi connectivity index (χ2v) is 7.88. The second kappa shape index (κ2) is 8.49. The normalized spacial score (nSPS) is 19.0. The average Bonchev–Trinajstić information content (AvgIpc) is 2.67. The number of carbonyl (C=O) groups excluding carboxylic acids is 3. The summed E-state index contributed by atoms with van der Waals surface area (Å²) in [7, 11) is 0. The first-order valence-corrected chi connectivity index (χ1v) is 10.1. The predicted molar refractivity (Wildman–Crippen MR) is 104 cm³/mol. The fourth-order valence-corrected chi connectivity index (χ4v) is 4.28. The Hall–Kier alpha value is -2.14. The molecule has 1 aliphatic carbocycles. The lowest BCUT2D eigenvalue weighted by Gasteiger charge is -2.28. The predicted octanol–water partition coefficient (Wildman–Crippen LogP) is 3.15. The van der Waals surface area contributed by atoms with Gasteiger partial charge < -0.3 is 4.90 Å². The summed E-state index contributed by atoms with van der Waals surface area (Å²) >= 11 is 1.87. The molecule has 0 spiro atoms. The molecular weight excluding hydrogens is 346 g/mol. The van der Waals surface area contributed by atoms with Gasteiger partial charge in [0.1, 0.15) is 0 Å². The van der Waals surface area contributed by atoms with Crippen molar-refractivity contribution >= 4 is 29.2 Å². The van der Waals surface area contributed by atoms with E-state index in [4.69, 9.17) is 0 Å². The molecule has 1 aromatic rings. The smallest absolute Gasteiger partial charge is 0.222 e. The third-order valence-corrected chi connectivity index (χ3v) is 5.84. The van der Waals surface area contributed by atoms with Crippen molar-refractivity contribution in [2.45, 2.75) is 25.7 Å². The topological polar surface area (TPSA) is 54.5 Å². The number of ketones is 2. The van der Waals surface area contributed by atoms with Gasteiger partial charge in [-0.25, -0.2) is 0 Å². The molecule has 2 aliphatic rings. The summed E-state index contributed by atoms with van der Waals surface area (Å²) in [6.07, 6.45) is 3.78. The van der Waals surface area contributed by atoms with Crippen LogP contribution >= 0.6 is 11.8 Å². The molecule has 0 radical (unpaired) electrons. The summed E-state index contributed by atoms with van der Waals surface area (Å²) < 4.78 is 0. The highest BCUT2D eigenvalue weighted by Gasteiger charge is 2.27. The Bertz CT molecular complexity index is 761. The standard InChI is InChI=1S/C21H23NO3S/c1-15-13-20(24)18(14-19(15)23)17(16-5-3-2-4-6-16)7-8-21(25)22-9-11-26-12-10-22/h2-6,13-14,17H,7-12H2,1H3. The first-order valence-electron chi connectivity index (χ1n) is 8.95. The van der Waals surface area contributed by atoms with Gasteiger partial charge >= 0.3 is 0 Å². The first kappa shape index (κ1) is 18.6. The van der Waals surface area contributed by atoms with Crippen molar-refractivity contribution < 1.29 is 14.4 Å². The highest BCUT2D eigenvalue weighted by atomic mass is 32.2. The van der Waals surface area contributed by atoms with Gasteiger partial charge in [-0.3, -0.25) is 14.4 Å². The fraction of sp³-hybridized carbons (Fsp3) is 0.381. The lowest BCUT2D eigenvalue weighted by molar-refractivity contribution is -0.131. The summed E-state index contributed by atoms with van der Waals surface area (Å²) in [6.45, 7) is 3.24. The van der Waals surface area contributed by atoms with Crippen LogP contribution in [0.15, 0.2) is 53.6 Å². The van der Waals surface area contributed by atoms with Gasteiger partial charge in [-0.1, -0.05) is 30.3 Å². The molecule has 0 aromatic heterocycles. The summed E-state index contributed by atoms with van der Waals surface area (Å²) in [5, 5.41) is 0. The maximum Gasteiger partial charge on any atom is 0.222 e. The average molecular weight is 369 g/mol. The van der Waals surface area contributed by atoms with Gasteiger partial charge in [0.2, 0.25) is 5.91 Å². The van der Waals surface area contributed by atoms with Crippen molar-refractivity contribution in [2.75, 3.05) is 24.6 Å². The van der Waals surface area contributed by atoms with E-state index in [9.17, 15) is 14.4 Å². The Morgan fingerprint density at radius 2 is 1.77 bits per heavy atom. The molecule has 1 fully saturated rings. The van der Waals surface area contributed by atoms with Crippen molar-refractivity contribution in [1.29, 1.82) is 0 Å². The summed E-state index contributed by atoms with van der Waals surface area (Å²) in [5.74, 6) is 1.61. The molecule has 1 aromatic carbocycles. The molecule has 1 aliphatic heterocycles. The Labute approximate surface area is 158 Å². The molecule has 3 rings (SSSR count). The molecule has 4 nitrogen and oxygen atoms in total. The Balaban J connectivity index is 1.79. The second-order valence-electron chi connectivity index (χ2n) is 6.65. The van der Waals surface area contributed by atoms with Crippen LogP contribution in [0.4, 0.5) is 0 Å². The molecule has 1 atom stereocenters. The van der Waals surface area contributed by atoms with E-state index in [0.717, 1.165) is 30.2 Å². The summed E-state index contributed by atoms with van der Waals surface area (Å²) in [4.78, 5) is 39.1. The van der Waals surface area contributed by atoms with Crippen LogP contribution < -0.4 is 0 Å². The highest BCUT2D eigenvalue weighted by molar-refractivity contribution is 7.99. The van der Waals surface area contributed by atoms with E-state index in [1.165, 1.54) is 12.2 Å².